The van der Waals surface area contributed by atoms with Gasteiger partial charge in [0, 0.05) is 22.8 Å². The van der Waals surface area contributed by atoms with Gasteiger partial charge >= 0.3 is 0 Å². The lowest BCUT2D eigenvalue weighted by Crippen LogP contribution is -1.99. The molecule has 96 valence electrons. The van der Waals surface area contributed by atoms with Crippen LogP contribution in [0.1, 0.15) is 11.1 Å². The second-order valence-electron chi connectivity index (χ2n) is 4.04. The summed E-state index contributed by atoms with van der Waals surface area (Å²) < 4.78 is 6.18. The van der Waals surface area contributed by atoms with Crippen molar-refractivity contribution in [1.82, 2.24) is 0 Å². The molecule has 4 heteroatoms. The van der Waals surface area contributed by atoms with E-state index in [0.29, 0.717) is 12.1 Å². The number of hydrogen-bond donors (Lipinski definition) is 1. The van der Waals surface area contributed by atoms with E-state index in [1.807, 2.05) is 42.5 Å². The Hall–Kier alpha value is -1.99. The van der Waals surface area contributed by atoms with Crippen molar-refractivity contribution in [3.05, 3.63) is 58.1 Å². The lowest BCUT2D eigenvalue weighted by molar-refractivity contribution is 0.414. The van der Waals surface area contributed by atoms with Crippen molar-refractivity contribution in [3.8, 4) is 11.8 Å². The Bertz CT molecular complexity index is 603. The first kappa shape index (κ1) is 13.4. The predicted molar refractivity (Wildman–Crippen MR) is 79.2 cm³/mol. The Morgan fingerprint density at radius 2 is 1.95 bits per heavy atom. The normalized spacial score (nSPS) is 9.74. The van der Waals surface area contributed by atoms with Gasteiger partial charge in [-0.3, -0.25) is 0 Å². The van der Waals surface area contributed by atoms with E-state index in [0.717, 1.165) is 21.5 Å². The minimum atomic E-state index is 0.674. The standard InChI is InChI=1S/C15H13BrN2O/c1-19-15-7-13(16)6-14(8-15)18-10-12-4-2-11(9-17)3-5-12/h2-8,18H,10H2,1H3. The number of methoxy groups -OCH3 is 1. The number of benzene rings is 2. The molecule has 0 aliphatic rings. The van der Waals surface area contributed by atoms with Crippen LogP contribution in [0, 0.1) is 11.3 Å². The summed E-state index contributed by atoms with van der Waals surface area (Å²) in [4.78, 5) is 0. The molecule has 1 N–H and O–H groups in total. The predicted octanol–water partition coefficient (Wildman–Crippen LogP) is 3.94. The zero-order valence-corrected chi connectivity index (χ0v) is 12.1. The van der Waals surface area contributed by atoms with Gasteiger partial charge in [0.25, 0.3) is 0 Å². The molecule has 0 saturated heterocycles. The molecule has 0 fully saturated rings. The molecule has 2 aromatic rings. The molecule has 0 aromatic heterocycles. The van der Waals surface area contributed by atoms with Gasteiger partial charge < -0.3 is 10.1 Å². The lowest BCUT2D eigenvalue weighted by Gasteiger charge is -2.09. The molecule has 0 radical (unpaired) electrons. The van der Waals surface area contributed by atoms with Crippen LogP contribution in [0.4, 0.5) is 5.69 Å². The van der Waals surface area contributed by atoms with Crippen LogP contribution in [-0.2, 0) is 6.54 Å². The molecule has 2 aromatic carbocycles. The number of nitriles is 1. The fraction of sp³-hybridized carbons (Fsp3) is 0.133. The second-order valence-corrected chi connectivity index (χ2v) is 4.96. The van der Waals surface area contributed by atoms with E-state index in [2.05, 4.69) is 27.3 Å². The Labute approximate surface area is 121 Å². The molecular weight excluding hydrogens is 304 g/mol. The maximum Gasteiger partial charge on any atom is 0.122 e. The number of rotatable bonds is 4. The first-order valence-electron chi connectivity index (χ1n) is 5.79. The van der Waals surface area contributed by atoms with Crippen LogP contribution in [-0.4, -0.2) is 7.11 Å². The Morgan fingerprint density at radius 1 is 1.21 bits per heavy atom. The molecule has 0 atom stereocenters. The molecule has 2 rings (SSSR count). The van der Waals surface area contributed by atoms with E-state index in [9.17, 15) is 0 Å². The smallest absolute Gasteiger partial charge is 0.122 e. The Balaban J connectivity index is 2.05. The zero-order chi connectivity index (χ0) is 13.7. The van der Waals surface area contributed by atoms with E-state index in [-0.39, 0.29) is 0 Å². The fourth-order valence-electron chi connectivity index (χ4n) is 1.68. The highest BCUT2D eigenvalue weighted by Gasteiger charge is 2.00. The third-order valence-electron chi connectivity index (χ3n) is 2.69. The molecule has 0 heterocycles. The molecule has 3 nitrogen and oxygen atoms in total. The van der Waals surface area contributed by atoms with Gasteiger partial charge in [-0.25, -0.2) is 0 Å². The average molecular weight is 317 g/mol. The van der Waals surface area contributed by atoms with E-state index >= 15 is 0 Å². The number of ether oxygens (including phenoxy) is 1. The van der Waals surface area contributed by atoms with E-state index in [1.54, 1.807) is 7.11 Å². The summed E-state index contributed by atoms with van der Waals surface area (Å²) in [5.41, 5.74) is 2.78. The summed E-state index contributed by atoms with van der Waals surface area (Å²) in [6.07, 6.45) is 0. The summed E-state index contributed by atoms with van der Waals surface area (Å²) in [6.45, 7) is 0.700. The quantitative estimate of drug-likeness (QED) is 0.929. The van der Waals surface area contributed by atoms with Crippen LogP contribution in [0.5, 0.6) is 5.75 Å². The first-order valence-corrected chi connectivity index (χ1v) is 6.58. The number of anilines is 1. The monoisotopic (exact) mass is 316 g/mol. The van der Waals surface area contributed by atoms with Gasteiger partial charge in [0.15, 0.2) is 0 Å². The molecule has 0 saturated carbocycles. The van der Waals surface area contributed by atoms with Crippen LogP contribution < -0.4 is 10.1 Å². The number of nitrogens with one attached hydrogen (secondary N) is 1. The summed E-state index contributed by atoms with van der Waals surface area (Å²) in [7, 11) is 1.65. The highest BCUT2D eigenvalue weighted by atomic mass is 79.9. The summed E-state index contributed by atoms with van der Waals surface area (Å²) >= 11 is 3.44. The number of hydrogen-bond acceptors (Lipinski definition) is 3. The van der Waals surface area contributed by atoms with Crippen LogP contribution in [0.2, 0.25) is 0 Å². The average Bonchev–Trinajstić information content (AvgIpc) is 2.45. The van der Waals surface area contributed by atoms with Crippen molar-refractivity contribution in [2.45, 2.75) is 6.54 Å². The van der Waals surface area contributed by atoms with Gasteiger partial charge in [-0.1, -0.05) is 28.1 Å². The summed E-state index contributed by atoms with van der Waals surface area (Å²) in [5.74, 6) is 0.803. The largest absolute Gasteiger partial charge is 0.497 e. The number of nitrogens with zero attached hydrogens (tertiary/aromatic N) is 1. The number of halogens is 1. The van der Waals surface area contributed by atoms with Crippen LogP contribution in [0.15, 0.2) is 46.9 Å². The SMILES string of the molecule is COc1cc(Br)cc(NCc2ccc(C#N)cc2)c1. The van der Waals surface area contributed by atoms with Crippen molar-refractivity contribution >= 4 is 21.6 Å². The minimum Gasteiger partial charge on any atom is -0.497 e. The highest BCUT2D eigenvalue weighted by molar-refractivity contribution is 9.10. The Morgan fingerprint density at radius 3 is 2.58 bits per heavy atom. The minimum absolute atomic E-state index is 0.674. The van der Waals surface area contributed by atoms with Crippen LogP contribution >= 0.6 is 15.9 Å². The molecule has 0 spiro atoms. The van der Waals surface area contributed by atoms with Gasteiger partial charge in [-0.15, -0.1) is 0 Å². The van der Waals surface area contributed by atoms with Crippen molar-refractivity contribution in [2.24, 2.45) is 0 Å². The second kappa shape index (κ2) is 6.26. The maximum absolute atomic E-state index is 8.74. The van der Waals surface area contributed by atoms with E-state index in [4.69, 9.17) is 10.00 Å². The molecule has 0 unspecified atom stereocenters. The topological polar surface area (TPSA) is 45.0 Å². The van der Waals surface area contributed by atoms with Crippen molar-refractivity contribution in [3.63, 3.8) is 0 Å². The molecule has 0 aliphatic heterocycles. The molecule has 19 heavy (non-hydrogen) atoms. The third kappa shape index (κ3) is 3.73. The molecule has 0 amide bonds. The highest BCUT2D eigenvalue weighted by Crippen LogP contribution is 2.24. The summed E-state index contributed by atoms with van der Waals surface area (Å²) in [5, 5.41) is 12.1. The summed E-state index contributed by atoms with van der Waals surface area (Å²) in [6, 6.07) is 15.5. The molecule has 0 aliphatic carbocycles. The Kier molecular flexibility index (Phi) is 4.43. The van der Waals surface area contributed by atoms with Crippen LogP contribution in [0.25, 0.3) is 0 Å². The van der Waals surface area contributed by atoms with Crippen molar-refractivity contribution in [2.75, 3.05) is 12.4 Å². The third-order valence-corrected chi connectivity index (χ3v) is 3.14. The van der Waals surface area contributed by atoms with Gasteiger partial charge in [0.2, 0.25) is 0 Å². The van der Waals surface area contributed by atoms with Gasteiger partial charge in [0.05, 0.1) is 18.7 Å². The van der Waals surface area contributed by atoms with Crippen molar-refractivity contribution < 1.29 is 4.74 Å². The van der Waals surface area contributed by atoms with Crippen molar-refractivity contribution in [1.29, 1.82) is 5.26 Å². The van der Waals surface area contributed by atoms with E-state index < -0.39 is 0 Å². The maximum atomic E-state index is 8.74. The lowest BCUT2D eigenvalue weighted by atomic mass is 10.1. The van der Waals surface area contributed by atoms with Crippen LogP contribution in [0.3, 0.4) is 0 Å². The van der Waals surface area contributed by atoms with Gasteiger partial charge in [-0.2, -0.15) is 5.26 Å². The molecular formula is C15H13BrN2O. The fourth-order valence-corrected chi connectivity index (χ4v) is 2.16. The van der Waals surface area contributed by atoms with Gasteiger partial charge in [-0.05, 0) is 29.8 Å². The zero-order valence-electron chi connectivity index (χ0n) is 10.5. The molecule has 0 bridgehead atoms. The van der Waals surface area contributed by atoms with E-state index in [1.165, 1.54) is 0 Å². The van der Waals surface area contributed by atoms with Gasteiger partial charge in [0.1, 0.15) is 5.75 Å². The first-order chi connectivity index (χ1) is 9.21.